The van der Waals surface area contributed by atoms with E-state index in [2.05, 4.69) is 10.3 Å². The van der Waals surface area contributed by atoms with Gasteiger partial charge in [0, 0.05) is 25.1 Å². The monoisotopic (exact) mass is 716 g/mol. The van der Waals surface area contributed by atoms with Crippen LogP contribution in [0.5, 0.6) is 0 Å². The highest BCUT2D eigenvalue weighted by molar-refractivity contribution is 6.40. The largest absolute Gasteiger partial charge is 0.471 e. The smallest absolute Gasteiger partial charge is 0.392 e. The van der Waals surface area contributed by atoms with Crippen molar-refractivity contribution in [2.45, 2.75) is 69.7 Å². The number of nitrogens with one attached hydrogen (secondary N) is 1. The highest BCUT2D eigenvalue weighted by Gasteiger charge is 2.47. The molecule has 2 aliphatic rings. The van der Waals surface area contributed by atoms with Crippen molar-refractivity contribution in [2.24, 2.45) is 0 Å². The van der Waals surface area contributed by atoms with Gasteiger partial charge in [-0.05, 0) is 52.8 Å². The predicted octanol–water partition coefficient (Wildman–Crippen LogP) is 6.76. The number of likely N-dealkylation sites (tertiary alicyclic amines) is 1. The Morgan fingerprint density at radius 3 is 2.39 bits per heavy atom. The number of aliphatic hydroxyl groups excluding tert-OH is 1. The Balaban J connectivity index is 1.18. The lowest BCUT2D eigenvalue weighted by molar-refractivity contribution is -0.252. The number of amides is 2. The maximum atomic E-state index is 13.0. The van der Waals surface area contributed by atoms with E-state index >= 15 is 0 Å². The van der Waals surface area contributed by atoms with Gasteiger partial charge in [0.15, 0.2) is 11.4 Å². The van der Waals surface area contributed by atoms with E-state index in [1.165, 1.54) is 0 Å². The molecule has 0 saturated carbocycles. The second-order valence-corrected chi connectivity index (χ2v) is 12.7. The Morgan fingerprint density at radius 1 is 0.959 bits per heavy atom. The fraction of sp³-hybridized carbons (Fsp3) is 0.343. The Labute approximate surface area is 290 Å². The molecule has 0 bridgehead atoms. The van der Waals surface area contributed by atoms with E-state index in [0.717, 1.165) is 33.4 Å². The molecule has 2 saturated heterocycles. The highest BCUT2D eigenvalue weighted by atomic mass is 35.5. The maximum Gasteiger partial charge on any atom is 0.471 e. The van der Waals surface area contributed by atoms with Gasteiger partial charge < -0.3 is 29.4 Å². The molecule has 2 amide bonds. The number of imidazole rings is 1. The van der Waals surface area contributed by atoms with Crippen LogP contribution in [-0.2, 0) is 38.8 Å². The Hall–Kier alpha value is -3.94. The van der Waals surface area contributed by atoms with Crippen LogP contribution in [0, 0.1) is 0 Å². The number of nitrogens with zero attached hydrogens (tertiary/aromatic N) is 3. The van der Waals surface area contributed by atoms with Gasteiger partial charge in [-0.1, -0.05) is 83.9 Å². The van der Waals surface area contributed by atoms with Crippen LogP contribution in [0.15, 0.2) is 79.1 Å². The quantitative estimate of drug-likeness (QED) is 0.198. The highest BCUT2D eigenvalue weighted by Crippen LogP contribution is 2.40. The van der Waals surface area contributed by atoms with Crippen molar-refractivity contribution in [3.05, 3.63) is 112 Å². The zero-order chi connectivity index (χ0) is 34.7. The molecule has 2 aliphatic heterocycles. The third-order valence-electron chi connectivity index (χ3n) is 8.69. The zero-order valence-corrected chi connectivity index (χ0v) is 27.6. The van der Waals surface area contributed by atoms with E-state index in [1.54, 1.807) is 17.0 Å². The molecule has 2 fully saturated rings. The number of aromatic nitrogens is 2. The molecule has 4 atom stereocenters. The summed E-state index contributed by atoms with van der Waals surface area (Å²) in [5, 5.41) is 12.7. The summed E-state index contributed by atoms with van der Waals surface area (Å²) in [4.78, 5) is 29.3. The molecule has 6 rings (SSSR count). The normalized spacial score (nSPS) is 21.1. The van der Waals surface area contributed by atoms with Crippen molar-refractivity contribution >= 4 is 35.0 Å². The molecule has 0 aliphatic carbocycles. The fourth-order valence-corrected chi connectivity index (χ4v) is 6.51. The van der Waals surface area contributed by atoms with Crippen LogP contribution in [0.3, 0.4) is 0 Å². The van der Waals surface area contributed by atoms with Crippen molar-refractivity contribution in [3.63, 3.8) is 0 Å². The molecule has 4 aromatic rings. The van der Waals surface area contributed by atoms with Crippen LogP contribution in [-0.4, -0.2) is 56.2 Å². The number of ether oxygens (including phenoxy) is 2. The van der Waals surface area contributed by atoms with E-state index in [9.17, 15) is 27.9 Å². The number of benzene rings is 3. The molecular weight excluding hydrogens is 684 g/mol. The van der Waals surface area contributed by atoms with Gasteiger partial charge in [0.1, 0.15) is 11.2 Å². The van der Waals surface area contributed by atoms with Gasteiger partial charge in [-0.25, -0.2) is 4.98 Å². The average molecular weight is 718 g/mol. The predicted molar refractivity (Wildman–Crippen MR) is 175 cm³/mol. The number of hydrogen-bond donors (Lipinski definition) is 2. The first-order chi connectivity index (χ1) is 23.5. The van der Waals surface area contributed by atoms with E-state index < -0.39 is 30.3 Å². The standard InChI is InChI=1S/C35H33Cl2F3N4O5/c36-30-31(37)43(20-42-30)18-27-16-29(23-11-9-21(19-45)10-12-23)49-33(48-27)26-7-2-6-25(15-26)24-5-1-4-22(14-24)17-41-32(46)28-8-3-13-44(28)34(47)35(38,39)40/h1-2,4-7,9-12,14-15,20,27-29,33,45H,3,8,13,16-19H2,(H,41,46)/t27-,28-,29+,33+/m0/s1. The molecule has 0 spiro atoms. The van der Waals surface area contributed by atoms with Gasteiger partial charge >= 0.3 is 12.1 Å². The second kappa shape index (κ2) is 14.9. The number of alkyl halides is 3. The van der Waals surface area contributed by atoms with Crippen LogP contribution in [0.2, 0.25) is 10.3 Å². The van der Waals surface area contributed by atoms with Crippen LogP contribution in [0.1, 0.15) is 53.9 Å². The Kier molecular flexibility index (Phi) is 10.6. The number of carbonyl (C=O) groups is 2. The summed E-state index contributed by atoms with van der Waals surface area (Å²) >= 11 is 12.4. The van der Waals surface area contributed by atoms with Crippen LogP contribution in [0.4, 0.5) is 13.2 Å². The van der Waals surface area contributed by atoms with Crippen molar-refractivity contribution < 1.29 is 37.3 Å². The lowest BCUT2D eigenvalue weighted by atomic mass is 9.98. The molecule has 49 heavy (non-hydrogen) atoms. The van der Waals surface area contributed by atoms with E-state index in [1.807, 2.05) is 66.7 Å². The molecular formula is C35H33Cl2F3N4O5. The van der Waals surface area contributed by atoms with Crippen molar-refractivity contribution in [1.82, 2.24) is 19.8 Å². The lowest BCUT2D eigenvalue weighted by Crippen LogP contribution is -2.50. The number of hydrogen-bond acceptors (Lipinski definition) is 6. The fourth-order valence-electron chi connectivity index (χ4n) is 6.20. The summed E-state index contributed by atoms with van der Waals surface area (Å²) in [7, 11) is 0. The maximum absolute atomic E-state index is 13.0. The minimum absolute atomic E-state index is 0.0670. The molecule has 0 radical (unpaired) electrons. The van der Waals surface area contributed by atoms with E-state index in [0.29, 0.717) is 29.4 Å². The van der Waals surface area contributed by atoms with Crippen LogP contribution < -0.4 is 5.32 Å². The first-order valence-corrected chi connectivity index (χ1v) is 16.5. The van der Waals surface area contributed by atoms with E-state index in [-0.39, 0.29) is 43.5 Å². The minimum Gasteiger partial charge on any atom is -0.392 e. The Bertz CT molecular complexity index is 1800. The topological polar surface area (TPSA) is 106 Å². The summed E-state index contributed by atoms with van der Waals surface area (Å²) < 4.78 is 53.8. The molecule has 14 heteroatoms. The summed E-state index contributed by atoms with van der Waals surface area (Å²) in [5.74, 6) is -2.62. The molecule has 9 nitrogen and oxygen atoms in total. The molecule has 3 heterocycles. The van der Waals surface area contributed by atoms with Crippen molar-refractivity contribution in [3.8, 4) is 11.1 Å². The molecule has 0 unspecified atom stereocenters. The molecule has 2 N–H and O–H groups in total. The lowest BCUT2D eigenvalue weighted by Gasteiger charge is -2.36. The second-order valence-electron chi connectivity index (χ2n) is 12.0. The third kappa shape index (κ3) is 8.11. The summed E-state index contributed by atoms with van der Waals surface area (Å²) in [6.45, 7) is 0.285. The Morgan fingerprint density at radius 2 is 1.69 bits per heavy atom. The average Bonchev–Trinajstić information content (AvgIpc) is 3.73. The van der Waals surface area contributed by atoms with Gasteiger partial charge in [0.05, 0.1) is 31.7 Å². The van der Waals surface area contributed by atoms with Gasteiger partial charge in [0.2, 0.25) is 5.91 Å². The van der Waals surface area contributed by atoms with Crippen LogP contribution >= 0.6 is 23.2 Å². The minimum atomic E-state index is -5.03. The number of rotatable bonds is 9. The van der Waals surface area contributed by atoms with Crippen LogP contribution in [0.25, 0.3) is 11.1 Å². The molecule has 3 aromatic carbocycles. The molecule has 258 valence electrons. The summed E-state index contributed by atoms with van der Waals surface area (Å²) in [6, 6.07) is 21.5. The number of carbonyl (C=O) groups excluding carboxylic acids is 2. The summed E-state index contributed by atoms with van der Waals surface area (Å²) in [6.07, 6.45) is -3.84. The van der Waals surface area contributed by atoms with E-state index in [4.69, 9.17) is 32.7 Å². The van der Waals surface area contributed by atoms with Crippen molar-refractivity contribution in [2.75, 3.05) is 6.54 Å². The third-order valence-corrected chi connectivity index (χ3v) is 9.46. The zero-order valence-electron chi connectivity index (χ0n) is 26.1. The summed E-state index contributed by atoms with van der Waals surface area (Å²) in [5.41, 5.74) is 4.91. The first-order valence-electron chi connectivity index (χ1n) is 15.7. The van der Waals surface area contributed by atoms with Gasteiger partial charge in [-0.2, -0.15) is 13.2 Å². The van der Waals surface area contributed by atoms with Crippen molar-refractivity contribution in [1.29, 1.82) is 0 Å². The van der Waals surface area contributed by atoms with Gasteiger partial charge in [-0.15, -0.1) is 0 Å². The van der Waals surface area contributed by atoms with Gasteiger partial charge in [0.25, 0.3) is 0 Å². The number of aliphatic hydroxyl groups is 1. The molecule has 1 aromatic heterocycles. The first kappa shape index (κ1) is 34.9. The SMILES string of the molecule is O=C(NCc1cccc(-c2cccc([C@@H]3O[C@H](Cn4cnc(Cl)c4Cl)C[C@H](c4ccc(CO)cc4)O3)c2)c1)[C@@H]1CCCN1C(=O)C(F)(F)F. The van der Waals surface area contributed by atoms with Gasteiger partial charge in [-0.3, -0.25) is 9.59 Å². The number of halogens is 5.